The molecule has 0 atom stereocenters. The van der Waals surface area contributed by atoms with Crippen molar-refractivity contribution in [2.75, 3.05) is 13.1 Å². The minimum atomic E-state index is -0.227. The predicted octanol–water partition coefficient (Wildman–Crippen LogP) is 4.58. The van der Waals surface area contributed by atoms with Gasteiger partial charge in [-0.25, -0.2) is 4.79 Å². The lowest BCUT2D eigenvalue weighted by molar-refractivity contribution is 0.0104. The van der Waals surface area contributed by atoms with Gasteiger partial charge in [-0.2, -0.15) is 0 Å². The van der Waals surface area contributed by atoms with Crippen LogP contribution in [0, 0.1) is 0 Å². The number of halogens is 2. The number of likely N-dealkylation sites (tertiary alicyclic amines) is 1. The lowest BCUT2D eigenvalue weighted by Crippen LogP contribution is -2.37. The normalized spacial score (nSPS) is 15.5. The van der Waals surface area contributed by atoms with Crippen LogP contribution in [-0.2, 0) is 11.3 Å². The zero-order valence-corrected chi connectivity index (χ0v) is 14.9. The van der Waals surface area contributed by atoms with Gasteiger partial charge in [0, 0.05) is 24.7 Å². The maximum atomic E-state index is 12.1. The molecule has 2 aromatic rings. The Morgan fingerprint density at radius 3 is 2.33 bits per heavy atom. The van der Waals surface area contributed by atoms with Crippen molar-refractivity contribution in [3.8, 4) is 0 Å². The molecule has 2 aromatic carbocycles. The van der Waals surface area contributed by atoms with Gasteiger partial charge in [0.2, 0.25) is 0 Å². The molecule has 24 heavy (non-hydrogen) atoms. The molecule has 1 saturated heterocycles. The van der Waals surface area contributed by atoms with Crippen molar-refractivity contribution in [1.82, 2.24) is 4.90 Å². The van der Waals surface area contributed by atoms with Crippen LogP contribution in [0.1, 0.15) is 28.8 Å². The molecule has 0 spiro atoms. The number of piperidine rings is 1. The fourth-order valence-electron chi connectivity index (χ4n) is 2.85. The van der Waals surface area contributed by atoms with Crippen LogP contribution in [0.3, 0.4) is 0 Å². The van der Waals surface area contributed by atoms with Crippen molar-refractivity contribution < 1.29 is 9.53 Å². The number of rotatable bonds is 4. The summed E-state index contributed by atoms with van der Waals surface area (Å²) in [5, 5.41) is 0.810. The number of carbonyl (C=O) groups excluding carboxylic acids is 1. The highest BCUT2D eigenvalue weighted by Crippen LogP contribution is 2.21. The monoisotopic (exact) mass is 365 g/mol. The van der Waals surface area contributed by atoms with E-state index in [-0.39, 0.29) is 24.5 Å². The first kappa shape index (κ1) is 18.8. The van der Waals surface area contributed by atoms with Crippen LogP contribution >= 0.6 is 24.0 Å². The topological polar surface area (TPSA) is 29.5 Å². The highest BCUT2D eigenvalue weighted by molar-refractivity contribution is 6.31. The number of nitrogens with zero attached hydrogens (tertiary/aromatic N) is 1. The summed E-state index contributed by atoms with van der Waals surface area (Å²) in [7, 11) is 0. The Morgan fingerprint density at radius 2 is 1.67 bits per heavy atom. The average Bonchev–Trinajstić information content (AvgIpc) is 2.59. The highest BCUT2D eigenvalue weighted by atomic mass is 35.5. The van der Waals surface area contributed by atoms with Crippen molar-refractivity contribution >= 4 is 30.0 Å². The number of benzene rings is 2. The lowest BCUT2D eigenvalue weighted by Gasteiger charge is -2.31. The molecular formula is C19H21Cl2NO2. The summed E-state index contributed by atoms with van der Waals surface area (Å²) in [6.45, 7) is 2.68. The molecule has 0 radical (unpaired) electrons. The van der Waals surface area contributed by atoms with Crippen molar-refractivity contribution in [1.29, 1.82) is 0 Å². The van der Waals surface area contributed by atoms with Gasteiger partial charge < -0.3 is 4.74 Å². The zero-order valence-electron chi connectivity index (χ0n) is 13.4. The van der Waals surface area contributed by atoms with Crippen LogP contribution in [0.5, 0.6) is 0 Å². The molecule has 1 aliphatic rings. The molecule has 0 aromatic heterocycles. The standard InChI is InChI=1S/C19H20ClNO2.ClH/c20-18-9-5-4-8-16(18)14-21-12-10-17(11-13-21)23-19(22)15-6-2-1-3-7-15;/h1-9,17H,10-14H2;1H. The van der Waals surface area contributed by atoms with E-state index < -0.39 is 0 Å². The molecule has 5 heteroatoms. The van der Waals surface area contributed by atoms with E-state index in [1.165, 1.54) is 0 Å². The quantitative estimate of drug-likeness (QED) is 0.742. The molecule has 3 nitrogen and oxygen atoms in total. The van der Waals surface area contributed by atoms with Gasteiger partial charge >= 0.3 is 5.97 Å². The van der Waals surface area contributed by atoms with Crippen molar-refractivity contribution in [2.24, 2.45) is 0 Å². The summed E-state index contributed by atoms with van der Waals surface area (Å²) in [4.78, 5) is 14.4. The Bertz CT molecular complexity index is 655. The van der Waals surface area contributed by atoms with Gasteiger partial charge in [0.1, 0.15) is 6.10 Å². The van der Waals surface area contributed by atoms with Crippen LogP contribution in [0.4, 0.5) is 0 Å². The molecule has 0 saturated carbocycles. The summed E-state index contributed by atoms with van der Waals surface area (Å²) < 4.78 is 5.61. The van der Waals surface area contributed by atoms with Crippen LogP contribution in [-0.4, -0.2) is 30.1 Å². The summed E-state index contributed by atoms with van der Waals surface area (Å²) >= 11 is 6.21. The van der Waals surface area contributed by atoms with E-state index in [0.717, 1.165) is 43.1 Å². The largest absolute Gasteiger partial charge is 0.459 e. The van der Waals surface area contributed by atoms with E-state index >= 15 is 0 Å². The van der Waals surface area contributed by atoms with Gasteiger partial charge in [-0.15, -0.1) is 12.4 Å². The second kappa shape index (κ2) is 9.07. The number of ether oxygens (including phenoxy) is 1. The van der Waals surface area contributed by atoms with Crippen LogP contribution in [0.25, 0.3) is 0 Å². The molecule has 128 valence electrons. The van der Waals surface area contributed by atoms with Crippen LogP contribution < -0.4 is 0 Å². The Labute approximate surface area is 154 Å². The van der Waals surface area contributed by atoms with E-state index in [1.54, 1.807) is 12.1 Å². The second-order valence-corrected chi connectivity index (χ2v) is 6.25. The first-order chi connectivity index (χ1) is 11.2. The number of esters is 1. The molecule has 1 fully saturated rings. The minimum absolute atomic E-state index is 0. The molecular weight excluding hydrogens is 345 g/mol. The third-order valence-corrected chi connectivity index (χ3v) is 4.54. The van der Waals surface area contributed by atoms with Gasteiger partial charge in [0.25, 0.3) is 0 Å². The minimum Gasteiger partial charge on any atom is -0.459 e. The Hall–Kier alpha value is -1.55. The van der Waals surface area contributed by atoms with Crippen molar-refractivity contribution in [2.45, 2.75) is 25.5 Å². The van der Waals surface area contributed by atoms with Gasteiger partial charge in [-0.05, 0) is 36.6 Å². The lowest BCUT2D eigenvalue weighted by atomic mass is 10.1. The van der Waals surface area contributed by atoms with Gasteiger partial charge in [-0.3, -0.25) is 4.90 Å². The second-order valence-electron chi connectivity index (χ2n) is 5.84. The van der Waals surface area contributed by atoms with Gasteiger partial charge in [0.15, 0.2) is 0 Å². The summed E-state index contributed by atoms with van der Waals surface area (Å²) in [6.07, 6.45) is 1.73. The summed E-state index contributed by atoms with van der Waals surface area (Å²) in [6, 6.07) is 17.1. The van der Waals surface area contributed by atoms with Crippen molar-refractivity contribution in [3.63, 3.8) is 0 Å². The summed E-state index contributed by atoms with van der Waals surface area (Å²) in [5.41, 5.74) is 1.76. The SMILES string of the molecule is Cl.O=C(OC1CCN(Cc2ccccc2Cl)CC1)c1ccccc1. The molecule has 1 heterocycles. The number of carbonyl (C=O) groups is 1. The van der Waals surface area contributed by atoms with E-state index in [0.29, 0.717) is 5.56 Å². The smallest absolute Gasteiger partial charge is 0.338 e. The summed E-state index contributed by atoms with van der Waals surface area (Å²) in [5.74, 6) is -0.227. The third-order valence-electron chi connectivity index (χ3n) is 4.17. The highest BCUT2D eigenvalue weighted by Gasteiger charge is 2.23. The predicted molar refractivity (Wildman–Crippen MR) is 98.9 cm³/mol. The average molecular weight is 366 g/mol. The van der Waals surface area contributed by atoms with Crippen LogP contribution in [0.15, 0.2) is 54.6 Å². The maximum absolute atomic E-state index is 12.1. The molecule has 1 aliphatic heterocycles. The maximum Gasteiger partial charge on any atom is 0.338 e. The Morgan fingerprint density at radius 1 is 1.04 bits per heavy atom. The first-order valence-electron chi connectivity index (χ1n) is 7.94. The fraction of sp³-hybridized carbons (Fsp3) is 0.316. The first-order valence-corrected chi connectivity index (χ1v) is 8.32. The van der Waals surface area contributed by atoms with Crippen LogP contribution in [0.2, 0.25) is 5.02 Å². The molecule has 0 N–H and O–H groups in total. The van der Waals surface area contributed by atoms with E-state index in [2.05, 4.69) is 11.0 Å². The molecule has 0 amide bonds. The number of hydrogen-bond donors (Lipinski definition) is 0. The zero-order chi connectivity index (χ0) is 16.1. The van der Waals surface area contributed by atoms with Gasteiger partial charge in [0.05, 0.1) is 5.56 Å². The van der Waals surface area contributed by atoms with Gasteiger partial charge in [-0.1, -0.05) is 48.0 Å². The molecule has 0 bridgehead atoms. The molecule has 0 unspecified atom stereocenters. The molecule has 0 aliphatic carbocycles. The van der Waals surface area contributed by atoms with E-state index in [1.807, 2.05) is 36.4 Å². The van der Waals surface area contributed by atoms with E-state index in [9.17, 15) is 4.79 Å². The Balaban J connectivity index is 0.00000208. The van der Waals surface area contributed by atoms with E-state index in [4.69, 9.17) is 16.3 Å². The number of hydrogen-bond acceptors (Lipinski definition) is 3. The third kappa shape index (κ3) is 4.97. The fourth-order valence-corrected chi connectivity index (χ4v) is 3.04. The molecule has 3 rings (SSSR count). The Kier molecular flexibility index (Phi) is 7.10. The van der Waals surface area contributed by atoms with Crippen molar-refractivity contribution in [3.05, 3.63) is 70.7 Å².